The van der Waals surface area contributed by atoms with Gasteiger partial charge in [-0.2, -0.15) is 0 Å². The van der Waals surface area contributed by atoms with E-state index in [9.17, 15) is 72.9 Å². The van der Waals surface area contributed by atoms with Gasteiger partial charge in [-0.1, -0.05) is 6.92 Å². The van der Waals surface area contributed by atoms with E-state index in [1.165, 1.54) is 73.5 Å². The largest absolute Gasteiger partial charge is 0.481 e. The van der Waals surface area contributed by atoms with Gasteiger partial charge in [-0.3, -0.25) is 52.7 Å². The van der Waals surface area contributed by atoms with E-state index in [0.717, 1.165) is 0 Å². The zero-order valence-electron chi connectivity index (χ0n) is 41.0. The first-order valence-corrected chi connectivity index (χ1v) is 23.3. The van der Waals surface area contributed by atoms with Crippen LogP contribution < -0.4 is 21.3 Å². The van der Waals surface area contributed by atoms with Gasteiger partial charge in [0, 0.05) is 99.3 Å². The first-order valence-electron chi connectivity index (χ1n) is 23.3. The van der Waals surface area contributed by atoms with Crippen LogP contribution in [-0.2, 0) is 70.4 Å². The Balaban J connectivity index is 2.12. The number of Topliss-reactive ketones (excluding diaryl/α,β-unsaturated/α-hetero) is 6. The zero-order valence-corrected chi connectivity index (χ0v) is 41.0. The Bertz CT molecular complexity index is 2190. The number of carbonyl (C=O) groups is 12. The number of nitrogens with zero attached hydrogens (tertiary/aromatic N) is 2. The molecule has 4 amide bonds. The Morgan fingerprint density at radius 1 is 0.521 bits per heavy atom. The molecule has 0 radical (unpaired) electrons. The highest BCUT2D eigenvalue weighted by atomic mass is 16.4. The number of nitrogens with one attached hydrogen (secondary N) is 6. The number of aromatic amines is 2. The molecular weight excluding hydrogens is 933 g/mol. The molecule has 0 aliphatic heterocycles. The van der Waals surface area contributed by atoms with Crippen LogP contribution in [0.2, 0.25) is 0 Å². The summed E-state index contributed by atoms with van der Waals surface area (Å²) in [6.07, 6.45) is -1.22. The normalized spacial score (nSPS) is 15.9. The smallest absolute Gasteiger partial charge is 0.303 e. The molecule has 24 heteroatoms. The highest BCUT2D eigenvalue weighted by Gasteiger charge is 2.36. The van der Waals surface area contributed by atoms with Gasteiger partial charge in [0.15, 0.2) is 23.1 Å². The third-order valence-electron chi connectivity index (χ3n) is 12.0. The number of carbonyl (C=O) groups excluding carboxylic acids is 10. The van der Waals surface area contributed by atoms with Gasteiger partial charge in [0.1, 0.15) is 11.6 Å². The molecule has 0 aliphatic carbocycles. The van der Waals surface area contributed by atoms with Crippen molar-refractivity contribution in [3.05, 3.63) is 36.4 Å². The first-order chi connectivity index (χ1) is 33.2. The molecule has 10 N–H and O–H groups in total. The number of aromatic nitrogens is 4. The fourth-order valence-corrected chi connectivity index (χ4v) is 7.51. The first kappa shape index (κ1) is 60.3. The third kappa shape index (κ3) is 21.4. The topological polar surface area (TPSA) is 391 Å². The molecule has 0 spiro atoms. The van der Waals surface area contributed by atoms with Gasteiger partial charge in [-0.15, -0.1) is 0 Å². The molecular formula is C47H68N8O16. The highest BCUT2D eigenvalue weighted by molar-refractivity contribution is 5.98. The summed E-state index contributed by atoms with van der Waals surface area (Å²) in [4.78, 5) is 168. The van der Waals surface area contributed by atoms with Gasteiger partial charge in [-0.05, 0) is 54.4 Å². The molecule has 0 aliphatic rings. The van der Waals surface area contributed by atoms with Crippen LogP contribution in [0.3, 0.4) is 0 Å². The van der Waals surface area contributed by atoms with Gasteiger partial charge in [-0.25, -0.2) is 9.97 Å². The monoisotopic (exact) mass is 1000 g/mol. The molecule has 0 bridgehead atoms. The van der Waals surface area contributed by atoms with Crippen molar-refractivity contribution in [1.82, 2.24) is 41.2 Å². The lowest BCUT2D eigenvalue weighted by Crippen LogP contribution is -2.49. The van der Waals surface area contributed by atoms with E-state index >= 15 is 0 Å². The number of hydrogen-bond donors (Lipinski definition) is 10. The van der Waals surface area contributed by atoms with Crippen LogP contribution in [0.1, 0.15) is 118 Å². The molecule has 71 heavy (non-hydrogen) atoms. The molecule has 0 saturated heterocycles. The average molecular weight is 1000 g/mol. The Labute approximate surface area is 410 Å². The second-order valence-electron chi connectivity index (χ2n) is 18.2. The Morgan fingerprint density at radius 3 is 1.32 bits per heavy atom. The summed E-state index contributed by atoms with van der Waals surface area (Å²) in [5.74, 6) is -15.2. The van der Waals surface area contributed by atoms with Gasteiger partial charge in [0.2, 0.25) is 23.6 Å². The summed E-state index contributed by atoms with van der Waals surface area (Å²) >= 11 is 0. The number of carboxylic acids is 2. The van der Waals surface area contributed by atoms with Crippen LogP contribution in [0, 0.1) is 29.6 Å². The standard InChI is InChI=1S/C47H68N8O16/c1-23(44(68)52-26(4)39(61)18-35(29(7)59)47(71)55-36(16-32-19-48-21-50-32)40(62)14-30(27(5)57)8-10-42(64)65)12-38(60)25(3)53-45(69)31(9-11-43(66)67)15-41(63)37(17-33-20-49-22-51-33)54-46(70)34(28(6)58)13-24(2)56/h19-23,25-26,28-31,34-37,58-59H,8-18H2,1-7H3,(H,48,50)(H,49,51)(H,52,68)(H,53,69)(H,54,70)(H,55,71)(H,64,65)(H,66,67)/t23-,25+,26+,28-,29-,30-,31-,34+,35+,36+,37+/m0/s1. The summed E-state index contributed by atoms with van der Waals surface area (Å²) < 4.78 is 0. The van der Waals surface area contributed by atoms with E-state index in [4.69, 9.17) is 5.11 Å². The molecule has 392 valence electrons. The van der Waals surface area contributed by atoms with E-state index in [1.807, 2.05) is 0 Å². The number of ketones is 6. The van der Waals surface area contributed by atoms with Crippen molar-refractivity contribution >= 4 is 70.3 Å². The van der Waals surface area contributed by atoms with Crippen molar-refractivity contribution in [2.45, 2.75) is 155 Å². The number of rotatable bonds is 35. The molecule has 0 unspecified atom stereocenters. The second-order valence-corrected chi connectivity index (χ2v) is 18.2. The van der Waals surface area contributed by atoms with E-state index in [2.05, 4.69) is 41.2 Å². The van der Waals surface area contributed by atoms with Gasteiger partial charge >= 0.3 is 11.9 Å². The Morgan fingerprint density at radius 2 is 0.930 bits per heavy atom. The van der Waals surface area contributed by atoms with Crippen molar-refractivity contribution in [1.29, 1.82) is 0 Å². The number of H-pyrrole nitrogens is 2. The second kappa shape index (κ2) is 29.4. The maximum Gasteiger partial charge on any atom is 0.303 e. The molecule has 24 nitrogen and oxygen atoms in total. The van der Waals surface area contributed by atoms with Crippen LogP contribution >= 0.6 is 0 Å². The van der Waals surface area contributed by atoms with E-state index in [1.54, 1.807) is 0 Å². The van der Waals surface area contributed by atoms with Crippen molar-refractivity contribution in [3.63, 3.8) is 0 Å². The molecule has 2 aromatic rings. The van der Waals surface area contributed by atoms with E-state index in [0.29, 0.717) is 11.4 Å². The molecule has 0 aromatic carbocycles. The molecule has 0 fully saturated rings. The van der Waals surface area contributed by atoms with Crippen molar-refractivity contribution in [2.75, 3.05) is 0 Å². The number of aliphatic hydroxyl groups is 2. The van der Waals surface area contributed by atoms with Crippen LogP contribution in [-0.4, -0.2) is 147 Å². The maximum atomic E-state index is 13.8. The lowest BCUT2D eigenvalue weighted by atomic mass is 9.89. The van der Waals surface area contributed by atoms with Crippen LogP contribution in [0.4, 0.5) is 0 Å². The molecule has 11 atom stereocenters. The summed E-state index contributed by atoms with van der Waals surface area (Å²) in [7, 11) is 0. The van der Waals surface area contributed by atoms with Gasteiger partial charge in [0.05, 0.1) is 60.9 Å². The zero-order chi connectivity index (χ0) is 53.7. The third-order valence-corrected chi connectivity index (χ3v) is 12.0. The number of amides is 4. The number of carboxylic acid groups (broad SMARTS) is 2. The minimum Gasteiger partial charge on any atom is -0.481 e. The average Bonchev–Trinajstić information content (AvgIpc) is 4.01. The van der Waals surface area contributed by atoms with Crippen molar-refractivity contribution in [2.24, 2.45) is 29.6 Å². The Hall–Kier alpha value is -6.82. The van der Waals surface area contributed by atoms with Gasteiger partial charge in [0.25, 0.3) is 0 Å². The van der Waals surface area contributed by atoms with Crippen molar-refractivity contribution in [3.8, 4) is 0 Å². The number of aliphatic hydroxyl groups excluding tert-OH is 2. The maximum absolute atomic E-state index is 13.8. The molecule has 2 rings (SSSR count). The lowest BCUT2D eigenvalue weighted by Gasteiger charge is -2.25. The molecule has 2 aromatic heterocycles. The SMILES string of the molecule is CC(=O)C[C@@H](C(=O)N[C@H](Cc1cnc[nH]1)C(=O)C[C@H](CCC(=O)O)C(=O)N[C@H](C)C(=O)C[C@H](C)C(=O)N[C@H](C)C(=O)C[C@@H](C(=O)N[C@H](Cc1cnc[nH]1)C(=O)C[C@H](CCC(=O)O)C(C)=O)[C@H](C)O)[C@H](C)O. The summed E-state index contributed by atoms with van der Waals surface area (Å²) in [5.41, 5.74) is 0.840. The summed E-state index contributed by atoms with van der Waals surface area (Å²) in [5, 5.41) is 49.3. The van der Waals surface area contributed by atoms with Crippen LogP contribution in [0.5, 0.6) is 0 Å². The fourth-order valence-electron chi connectivity index (χ4n) is 7.51. The highest BCUT2D eigenvalue weighted by Crippen LogP contribution is 2.20. The van der Waals surface area contributed by atoms with Gasteiger partial charge < -0.3 is 56.5 Å². The minimum atomic E-state index is -1.43. The quantitative estimate of drug-likeness (QED) is 0.0431. The minimum absolute atomic E-state index is 0.114. The van der Waals surface area contributed by atoms with E-state index < -0.39 is 163 Å². The van der Waals surface area contributed by atoms with Crippen molar-refractivity contribution < 1.29 is 78.0 Å². The van der Waals surface area contributed by atoms with E-state index in [-0.39, 0.29) is 44.3 Å². The number of hydrogen-bond acceptors (Lipinski definition) is 16. The molecule has 0 saturated carbocycles. The lowest BCUT2D eigenvalue weighted by molar-refractivity contribution is -0.139. The number of aliphatic carboxylic acids is 2. The number of imidazole rings is 2. The molecule has 2 heterocycles. The fraction of sp³-hybridized carbons (Fsp3) is 0.617. The predicted molar refractivity (Wildman–Crippen MR) is 248 cm³/mol. The summed E-state index contributed by atoms with van der Waals surface area (Å²) in [6.45, 7) is 9.02. The van der Waals surface area contributed by atoms with Crippen LogP contribution in [0.25, 0.3) is 0 Å². The Kier molecular flexibility index (Phi) is 25.0. The van der Waals surface area contributed by atoms with Crippen LogP contribution in [0.15, 0.2) is 25.0 Å². The summed E-state index contributed by atoms with van der Waals surface area (Å²) in [6, 6.07) is -5.09. The predicted octanol–water partition coefficient (Wildman–Crippen LogP) is -0.106.